The van der Waals surface area contributed by atoms with Gasteiger partial charge in [0.1, 0.15) is 0 Å². The second-order valence-corrected chi connectivity index (χ2v) is 4.75. The van der Waals surface area contributed by atoms with Gasteiger partial charge in [-0.05, 0) is 25.7 Å². The van der Waals surface area contributed by atoms with Crippen molar-refractivity contribution in [2.45, 2.75) is 47.5 Å². The predicted molar refractivity (Wildman–Crippen MR) is 71.3 cm³/mol. The molecule has 0 aromatic rings. The molecule has 18 heavy (non-hydrogen) atoms. The van der Waals surface area contributed by atoms with Gasteiger partial charge in [-0.1, -0.05) is 27.7 Å². The van der Waals surface area contributed by atoms with E-state index in [-0.39, 0.29) is 18.2 Å². The number of carbonyl (C=O) groups is 1. The standard InChI is InChI=1S/C14H24N2O2/c1-6-14(7-2,10(4)5)12(16)11(9-15)13(17)18-8-3/h10-11,16H,6-8H2,1-5H3. The van der Waals surface area contributed by atoms with Gasteiger partial charge in [0, 0.05) is 11.1 Å². The van der Waals surface area contributed by atoms with Crippen LogP contribution in [0.5, 0.6) is 0 Å². The molecule has 0 rings (SSSR count). The molecule has 0 bridgehead atoms. The first-order valence-electron chi connectivity index (χ1n) is 6.56. The van der Waals surface area contributed by atoms with E-state index in [2.05, 4.69) is 0 Å². The summed E-state index contributed by atoms with van der Waals surface area (Å²) in [5.74, 6) is -1.46. The van der Waals surface area contributed by atoms with E-state index in [4.69, 9.17) is 15.4 Å². The molecule has 1 atom stereocenters. The number of esters is 1. The van der Waals surface area contributed by atoms with Crippen LogP contribution in [0, 0.1) is 34.0 Å². The quantitative estimate of drug-likeness (QED) is 0.558. The van der Waals surface area contributed by atoms with E-state index in [1.165, 1.54) is 0 Å². The fourth-order valence-corrected chi connectivity index (χ4v) is 2.51. The largest absolute Gasteiger partial charge is 0.465 e. The molecule has 0 radical (unpaired) electrons. The van der Waals surface area contributed by atoms with Crippen LogP contribution >= 0.6 is 0 Å². The molecule has 0 fully saturated rings. The highest BCUT2D eigenvalue weighted by Crippen LogP contribution is 2.38. The normalized spacial score (nSPS) is 12.9. The van der Waals surface area contributed by atoms with Crippen LogP contribution in [0.25, 0.3) is 0 Å². The Morgan fingerprint density at radius 3 is 2.11 bits per heavy atom. The van der Waals surface area contributed by atoms with Gasteiger partial charge in [-0.3, -0.25) is 4.79 Å². The number of nitrogens with one attached hydrogen (secondary N) is 1. The molecule has 4 heteroatoms. The smallest absolute Gasteiger partial charge is 0.329 e. The number of nitrogens with zero attached hydrogens (tertiary/aromatic N) is 1. The first-order valence-corrected chi connectivity index (χ1v) is 6.56. The molecule has 1 unspecified atom stereocenters. The summed E-state index contributed by atoms with van der Waals surface area (Å²) in [4.78, 5) is 11.7. The topological polar surface area (TPSA) is 73.9 Å². The first kappa shape index (κ1) is 16.6. The number of rotatable bonds is 7. The molecule has 0 aromatic heterocycles. The van der Waals surface area contributed by atoms with Gasteiger partial charge in [0.05, 0.1) is 12.7 Å². The Balaban J connectivity index is 5.31. The third kappa shape index (κ3) is 3.10. The number of ether oxygens (including phenoxy) is 1. The molecule has 0 saturated carbocycles. The SMILES string of the molecule is CCOC(=O)C(C#N)C(=N)C(CC)(CC)C(C)C. The van der Waals surface area contributed by atoms with Gasteiger partial charge < -0.3 is 10.1 Å². The van der Waals surface area contributed by atoms with E-state index in [0.717, 1.165) is 12.8 Å². The van der Waals surface area contributed by atoms with Crippen molar-refractivity contribution in [2.75, 3.05) is 6.61 Å². The Bertz CT molecular complexity index is 338. The van der Waals surface area contributed by atoms with Crippen LogP contribution in [-0.2, 0) is 9.53 Å². The Morgan fingerprint density at radius 2 is 1.83 bits per heavy atom. The molecule has 0 aliphatic heterocycles. The molecule has 102 valence electrons. The lowest BCUT2D eigenvalue weighted by Gasteiger charge is -2.37. The highest BCUT2D eigenvalue weighted by molar-refractivity contribution is 6.06. The fourth-order valence-electron chi connectivity index (χ4n) is 2.51. The summed E-state index contributed by atoms with van der Waals surface area (Å²) in [6.45, 7) is 9.99. The maximum Gasteiger partial charge on any atom is 0.329 e. The van der Waals surface area contributed by atoms with E-state index in [0.29, 0.717) is 0 Å². The summed E-state index contributed by atoms with van der Waals surface area (Å²) in [6, 6.07) is 1.92. The Labute approximate surface area is 110 Å². The molecule has 0 aliphatic rings. The molecule has 0 aliphatic carbocycles. The van der Waals surface area contributed by atoms with E-state index in [9.17, 15) is 4.79 Å². The maximum absolute atomic E-state index is 11.7. The van der Waals surface area contributed by atoms with Crippen molar-refractivity contribution >= 4 is 11.7 Å². The van der Waals surface area contributed by atoms with Gasteiger partial charge in [0.2, 0.25) is 0 Å². The number of carbonyl (C=O) groups excluding carboxylic acids is 1. The van der Waals surface area contributed by atoms with E-state index >= 15 is 0 Å². The molecule has 0 aromatic carbocycles. The third-order valence-corrected chi connectivity index (χ3v) is 3.84. The highest BCUT2D eigenvalue weighted by atomic mass is 16.5. The zero-order valence-corrected chi connectivity index (χ0v) is 12.0. The van der Waals surface area contributed by atoms with Crippen molar-refractivity contribution in [3.8, 4) is 6.07 Å². The van der Waals surface area contributed by atoms with Crippen LogP contribution < -0.4 is 0 Å². The van der Waals surface area contributed by atoms with Crippen molar-refractivity contribution in [1.82, 2.24) is 0 Å². The van der Waals surface area contributed by atoms with Gasteiger partial charge in [0.25, 0.3) is 0 Å². The highest BCUT2D eigenvalue weighted by Gasteiger charge is 2.41. The summed E-state index contributed by atoms with van der Waals surface area (Å²) in [6.07, 6.45) is 1.50. The van der Waals surface area contributed by atoms with E-state index in [1.807, 2.05) is 33.8 Å². The molecule has 0 spiro atoms. The number of hydrogen-bond donors (Lipinski definition) is 1. The molecule has 0 saturated heterocycles. The molecule has 4 nitrogen and oxygen atoms in total. The van der Waals surface area contributed by atoms with Crippen LogP contribution in [0.2, 0.25) is 0 Å². The van der Waals surface area contributed by atoms with Crippen LogP contribution in [0.3, 0.4) is 0 Å². The van der Waals surface area contributed by atoms with Gasteiger partial charge >= 0.3 is 5.97 Å². The summed E-state index contributed by atoms with van der Waals surface area (Å²) >= 11 is 0. The maximum atomic E-state index is 11.7. The monoisotopic (exact) mass is 252 g/mol. The minimum Gasteiger partial charge on any atom is -0.465 e. The lowest BCUT2D eigenvalue weighted by Crippen LogP contribution is -2.41. The van der Waals surface area contributed by atoms with Crippen molar-refractivity contribution in [1.29, 1.82) is 10.7 Å². The zero-order chi connectivity index (χ0) is 14.3. The first-order chi connectivity index (χ1) is 8.41. The molecule has 0 heterocycles. The van der Waals surface area contributed by atoms with Crippen molar-refractivity contribution in [3.63, 3.8) is 0 Å². The number of nitriles is 1. The van der Waals surface area contributed by atoms with Crippen LogP contribution in [0.15, 0.2) is 0 Å². The van der Waals surface area contributed by atoms with Crippen LogP contribution in [-0.4, -0.2) is 18.3 Å². The molecule has 1 N–H and O–H groups in total. The Morgan fingerprint density at radius 1 is 1.33 bits per heavy atom. The lowest BCUT2D eigenvalue weighted by atomic mass is 9.66. The summed E-state index contributed by atoms with van der Waals surface area (Å²) in [5, 5.41) is 17.4. The summed E-state index contributed by atoms with van der Waals surface area (Å²) in [5.41, 5.74) is -0.198. The Hall–Kier alpha value is -1.37. The summed E-state index contributed by atoms with van der Waals surface area (Å²) < 4.78 is 4.88. The zero-order valence-electron chi connectivity index (χ0n) is 12.0. The van der Waals surface area contributed by atoms with Gasteiger partial charge in [-0.2, -0.15) is 5.26 Å². The van der Waals surface area contributed by atoms with Gasteiger partial charge in [-0.15, -0.1) is 0 Å². The van der Waals surface area contributed by atoms with Crippen molar-refractivity contribution in [3.05, 3.63) is 0 Å². The van der Waals surface area contributed by atoms with E-state index in [1.54, 1.807) is 6.92 Å². The molecular formula is C14H24N2O2. The molecular weight excluding hydrogens is 228 g/mol. The predicted octanol–water partition coefficient (Wildman–Crippen LogP) is 3.17. The van der Waals surface area contributed by atoms with Gasteiger partial charge in [-0.25, -0.2) is 0 Å². The second kappa shape index (κ2) is 7.15. The fraction of sp³-hybridized carbons (Fsp3) is 0.786. The Kier molecular flexibility index (Phi) is 6.61. The van der Waals surface area contributed by atoms with Crippen LogP contribution in [0.1, 0.15) is 47.5 Å². The lowest BCUT2D eigenvalue weighted by molar-refractivity contribution is -0.144. The minimum atomic E-state index is -1.08. The molecule has 0 amide bonds. The average Bonchev–Trinajstić information content (AvgIpc) is 2.32. The van der Waals surface area contributed by atoms with Crippen molar-refractivity contribution in [2.24, 2.45) is 17.3 Å². The van der Waals surface area contributed by atoms with Gasteiger partial charge in [0.15, 0.2) is 5.92 Å². The summed E-state index contributed by atoms with van der Waals surface area (Å²) in [7, 11) is 0. The average molecular weight is 252 g/mol. The van der Waals surface area contributed by atoms with Crippen molar-refractivity contribution < 1.29 is 9.53 Å². The minimum absolute atomic E-state index is 0.198. The number of hydrogen-bond acceptors (Lipinski definition) is 4. The van der Waals surface area contributed by atoms with E-state index < -0.39 is 17.3 Å². The third-order valence-electron chi connectivity index (χ3n) is 3.84. The van der Waals surface area contributed by atoms with Crippen LogP contribution in [0.4, 0.5) is 0 Å². The second-order valence-electron chi connectivity index (χ2n) is 4.75.